The van der Waals surface area contributed by atoms with Gasteiger partial charge in [0.1, 0.15) is 0 Å². The summed E-state index contributed by atoms with van der Waals surface area (Å²) in [6.45, 7) is 2.28. The molecule has 0 fully saturated rings. The molecule has 0 saturated heterocycles. The number of hydrogen-bond acceptors (Lipinski definition) is 3. The third kappa shape index (κ3) is 5.48. The average Bonchev–Trinajstić information content (AvgIpc) is 2.38. The maximum Gasteiger partial charge on any atom is 0.240 e. The molecule has 19 heavy (non-hydrogen) atoms. The normalized spacial score (nSPS) is 13.4. The maximum atomic E-state index is 12.0. The summed E-state index contributed by atoms with van der Waals surface area (Å²) in [6, 6.07) is 6.71. The van der Waals surface area contributed by atoms with Crippen LogP contribution in [0.15, 0.2) is 29.2 Å². The number of alkyl halides is 1. The Bertz CT molecular complexity index is 473. The van der Waals surface area contributed by atoms with Gasteiger partial charge in [0.05, 0.1) is 4.90 Å². The predicted octanol–water partition coefficient (Wildman–Crippen LogP) is 1.76. The van der Waals surface area contributed by atoms with E-state index in [1.807, 2.05) is 6.92 Å². The molecule has 0 aliphatic rings. The van der Waals surface area contributed by atoms with E-state index >= 15 is 0 Å². The van der Waals surface area contributed by atoms with E-state index in [0.29, 0.717) is 18.8 Å². The topological polar surface area (TPSA) is 66.4 Å². The highest BCUT2D eigenvalue weighted by Crippen LogP contribution is 2.12. The van der Waals surface area contributed by atoms with E-state index in [2.05, 4.69) is 4.72 Å². The zero-order chi connectivity index (χ0) is 14.3. The van der Waals surface area contributed by atoms with Crippen molar-refractivity contribution in [2.45, 2.75) is 24.7 Å². The Morgan fingerprint density at radius 3 is 2.47 bits per heavy atom. The van der Waals surface area contributed by atoms with Gasteiger partial charge in [0.2, 0.25) is 10.0 Å². The van der Waals surface area contributed by atoms with Gasteiger partial charge in [0.15, 0.2) is 0 Å². The zero-order valence-corrected chi connectivity index (χ0v) is 12.5. The van der Waals surface area contributed by atoms with Crippen molar-refractivity contribution < 1.29 is 13.5 Å². The summed E-state index contributed by atoms with van der Waals surface area (Å²) in [5.74, 6) is 0.624. The minimum atomic E-state index is -3.47. The summed E-state index contributed by atoms with van der Waals surface area (Å²) in [7, 11) is -3.47. The van der Waals surface area contributed by atoms with Gasteiger partial charge in [-0.15, -0.1) is 11.6 Å². The smallest absolute Gasteiger partial charge is 0.240 e. The number of hydrogen-bond donors (Lipinski definition) is 2. The molecule has 1 aromatic carbocycles. The molecule has 1 rings (SSSR count). The number of sulfonamides is 1. The van der Waals surface area contributed by atoms with Crippen molar-refractivity contribution in [1.29, 1.82) is 0 Å². The number of aliphatic hydroxyl groups excluding tert-OH is 1. The van der Waals surface area contributed by atoms with E-state index in [1.165, 1.54) is 0 Å². The largest absolute Gasteiger partial charge is 0.396 e. The van der Waals surface area contributed by atoms with Crippen LogP contribution in [0, 0.1) is 5.92 Å². The van der Waals surface area contributed by atoms with Crippen molar-refractivity contribution in [2.75, 3.05) is 19.0 Å². The molecule has 1 unspecified atom stereocenters. The van der Waals surface area contributed by atoms with Crippen molar-refractivity contribution in [3.63, 3.8) is 0 Å². The lowest BCUT2D eigenvalue weighted by Gasteiger charge is -2.12. The van der Waals surface area contributed by atoms with Crippen LogP contribution in [-0.2, 0) is 16.4 Å². The van der Waals surface area contributed by atoms with Gasteiger partial charge in [-0.2, -0.15) is 0 Å². The minimum Gasteiger partial charge on any atom is -0.396 e. The van der Waals surface area contributed by atoms with Crippen LogP contribution in [0.2, 0.25) is 0 Å². The van der Waals surface area contributed by atoms with E-state index in [1.54, 1.807) is 24.3 Å². The molecule has 0 aliphatic carbocycles. The van der Waals surface area contributed by atoms with Gasteiger partial charge in [0, 0.05) is 19.0 Å². The highest BCUT2D eigenvalue weighted by Gasteiger charge is 2.14. The number of aryl methyl sites for hydroxylation is 1. The Morgan fingerprint density at radius 2 is 1.95 bits per heavy atom. The molecule has 0 heterocycles. The first-order chi connectivity index (χ1) is 8.99. The lowest BCUT2D eigenvalue weighted by molar-refractivity contribution is 0.263. The summed E-state index contributed by atoms with van der Waals surface area (Å²) in [4.78, 5) is 0.252. The summed E-state index contributed by atoms with van der Waals surface area (Å²) in [5.41, 5.74) is 1.02. The summed E-state index contributed by atoms with van der Waals surface area (Å²) >= 11 is 5.63. The maximum absolute atomic E-state index is 12.0. The van der Waals surface area contributed by atoms with Crippen LogP contribution in [0.3, 0.4) is 0 Å². The van der Waals surface area contributed by atoms with Crippen LogP contribution in [0.5, 0.6) is 0 Å². The van der Waals surface area contributed by atoms with E-state index < -0.39 is 10.0 Å². The van der Waals surface area contributed by atoms with Crippen molar-refractivity contribution in [3.8, 4) is 0 Å². The van der Waals surface area contributed by atoms with E-state index in [4.69, 9.17) is 16.7 Å². The molecule has 0 spiro atoms. The molecule has 0 bridgehead atoms. The highest BCUT2D eigenvalue weighted by molar-refractivity contribution is 7.89. The van der Waals surface area contributed by atoms with Crippen LogP contribution < -0.4 is 4.72 Å². The summed E-state index contributed by atoms with van der Waals surface area (Å²) < 4.78 is 26.6. The molecular formula is C13H20ClNO3S. The van der Waals surface area contributed by atoms with Crippen molar-refractivity contribution in [2.24, 2.45) is 5.92 Å². The standard InChI is InChI=1S/C13H20ClNO3S/c1-11(7-9-16)10-15-19(17,18)13-4-2-12(3-5-13)6-8-14/h2-5,11,15-16H,6-10H2,1H3. The fraction of sp³-hybridized carbons (Fsp3) is 0.538. The minimum absolute atomic E-state index is 0.0655. The second-order valence-electron chi connectivity index (χ2n) is 4.55. The van der Waals surface area contributed by atoms with Gasteiger partial charge in [-0.25, -0.2) is 13.1 Å². The summed E-state index contributed by atoms with van der Waals surface area (Å²) in [6.07, 6.45) is 1.31. The molecule has 1 aromatic rings. The average molecular weight is 306 g/mol. The SMILES string of the molecule is CC(CCO)CNS(=O)(=O)c1ccc(CCCl)cc1. The first-order valence-corrected chi connectivity index (χ1v) is 8.27. The number of nitrogens with one attached hydrogen (secondary N) is 1. The lowest BCUT2D eigenvalue weighted by Crippen LogP contribution is -2.28. The fourth-order valence-electron chi connectivity index (χ4n) is 1.60. The van der Waals surface area contributed by atoms with Gasteiger partial charge >= 0.3 is 0 Å². The van der Waals surface area contributed by atoms with Crippen LogP contribution in [-0.4, -0.2) is 32.6 Å². The molecule has 0 aromatic heterocycles. The predicted molar refractivity (Wildman–Crippen MR) is 76.9 cm³/mol. The van der Waals surface area contributed by atoms with E-state index in [-0.39, 0.29) is 17.4 Å². The Labute approximate surface area is 119 Å². The van der Waals surface area contributed by atoms with Crippen molar-refractivity contribution in [3.05, 3.63) is 29.8 Å². The first kappa shape index (κ1) is 16.4. The van der Waals surface area contributed by atoms with Crippen LogP contribution >= 0.6 is 11.6 Å². The number of rotatable bonds is 8. The third-order valence-electron chi connectivity index (χ3n) is 2.86. The molecule has 4 nitrogen and oxygen atoms in total. The van der Waals surface area contributed by atoms with Gasteiger partial charge < -0.3 is 5.11 Å². The Kier molecular flexibility index (Phi) is 6.79. The second kappa shape index (κ2) is 7.85. The third-order valence-corrected chi connectivity index (χ3v) is 4.49. The Hall–Kier alpha value is -0.620. The lowest BCUT2D eigenvalue weighted by atomic mass is 10.1. The molecule has 0 amide bonds. The van der Waals surface area contributed by atoms with Crippen LogP contribution in [0.25, 0.3) is 0 Å². The zero-order valence-electron chi connectivity index (χ0n) is 11.0. The molecular weight excluding hydrogens is 286 g/mol. The summed E-state index contributed by atoms with van der Waals surface area (Å²) in [5, 5.41) is 8.78. The molecule has 1 atom stereocenters. The fourth-order valence-corrected chi connectivity index (χ4v) is 2.99. The highest BCUT2D eigenvalue weighted by atomic mass is 35.5. The quantitative estimate of drug-likeness (QED) is 0.719. The molecule has 0 aliphatic heterocycles. The van der Waals surface area contributed by atoms with Crippen LogP contribution in [0.1, 0.15) is 18.9 Å². The van der Waals surface area contributed by atoms with E-state index in [0.717, 1.165) is 12.0 Å². The van der Waals surface area contributed by atoms with Crippen molar-refractivity contribution >= 4 is 21.6 Å². The van der Waals surface area contributed by atoms with E-state index in [9.17, 15) is 8.42 Å². The first-order valence-electron chi connectivity index (χ1n) is 6.25. The van der Waals surface area contributed by atoms with Gasteiger partial charge in [0.25, 0.3) is 0 Å². The monoisotopic (exact) mass is 305 g/mol. The number of aliphatic hydroxyl groups is 1. The molecule has 0 saturated carbocycles. The van der Waals surface area contributed by atoms with Crippen molar-refractivity contribution in [1.82, 2.24) is 4.72 Å². The van der Waals surface area contributed by atoms with Crippen LogP contribution in [0.4, 0.5) is 0 Å². The van der Waals surface area contributed by atoms with Gasteiger partial charge in [-0.1, -0.05) is 19.1 Å². The number of benzene rings is 1. The van der Waals surface area contributed by atoms with Gasteiger partial charge in [-0.3, -0.25) is 0 Å². The number of halogens is 1. The van der Waals surface area contributed by atoms with Gasteiger partial charge in [-0.05, 0) is 36.5 Å². The molecule has 6 heteroatoms. The molecule has 0 radical (unpaired) electrons. The Balaban J connectivity index is 2.66. The molecule has 108 valence electrons. The second-order valence-corrected chi connectivity index (χ2v) is 6.70. The molecule has 2 N–H and O–H groups in total. The Morgan fingerprint density at radius 1 is 1.32 bits per heavy atom.